The molecule has 0 spiro atoms. The van der Waals surface area contributed by atoms with Crippen LogP contribution in [-0.2, 0) is 6.42 Å². The zero-order chi connectivity index (χ0) is 15.9. The molecule has 1 atom stereocenters. The summed E-state index contributed by atoms with van der Waals surface area (Å²) in [7, 11) is 1.39. The van der Waals surface area contributed by atoms with Gasteiger partial charge in [0.15, 0.2) is 11.6 Å². The van der Waals surface area contributed by atoms with Gasteiger partial charge >= 0.3 is 0 Å². The van der Waals surface area contributed by atoms with Crippen molar-refractivity contribution in [1.29, 1.82) is 0 Å². The minimum atomic E-state index is -0.535. The molecule has 0 heterocycles. The summed E-state index contributed by atoms with van der Waals surface area (Å²) in [5.41, 5.74) is 1.53. The van der Waals surface area contributed by atoms with Crippen molar-refractivity contribution in [2.45, 2.75) is 25.8 Å². The summed E-state index contributed by atoms with van der Waals surface area (Å²) in [6.07, 6.45) is 1.72. The van der Waals surface area contributed by atoms with Gasteiger partial charge in [-0.25, -0.2) is 4.39 Å². The molecule has 0 aromatic heterocycles. The van der Waals surface area contributed by atoms with Crippen molar-refractivity contribution in [2.75, 3.05) is 7.11 Å². The van der Waals surface area contributed by atoms with E-state index in [2.05, 4.69) is 17.4 Å². The third-order valence-electron chi connectivity index (χ3n) is 3.50. The molecule has 0 aliphatic rings. The van der Waals surface area contributed by atoms with Crippen LogP contribution in [0.25, 0.3) is 0 Å². The Morgan fingerprint density at radius 3 is 2.59 bits per heavy atom. The molecule has 0 saturated heterocycles. The standard InChI is InChI=1S/C18H20FNO2/c1-13(8-9-14-6-4-3-5-7-14)20-18(21)15-10-11-17(22-2)16(19)12-15/h3-7,10-13H,8-9H2,1-2H3,(H,20,21)/t13-/m0/s1. The van der Waals surface area contributed by atoms with E-state index in [1.807, 2.05) is 25.1 Å². The molecule has 0 bridgehead atoms. The quantitative estimate of drug-likeness (QED) is 0.885. The van der Waals surface area contributed by atoms with Crippen molar-refractivity contribution >= 4 is 5.91 Å². The van der Waals surface area contributed by atoms with Crippen LogP contribution < -0.4 is 10.1 Å². The maximum absolute atomic E-state index is 13.6. The van der Waals surface area contributed by atoms with E-state index in [4.69, 9.17) is 4.74 Å². The van der Waals surface area contributed by atoms with E-state index >= 15 is 0 Å². The summed E-state index contributed by atoms with van der Waals surface area (Å²) in [6, 6.07) is 14.3. The maximum atomic E-state index is 13.6. The largest absolute Gasteiger partial charge is 0.494 e. The smallest absolute Gasteiger partial charge is 0.251 e. The van der Waals surface area contributed by atoms with Crippen LogP contribution in [0.5, 0.6) is 5.75 Å². The number of methoxy groups -OCH3 is 1. The Labute approximate surface area is 130 Å². The summed E-state index contributed by atoms with van der Waals surface area (Å²) in [5, 5.41) is 2.88. The fraction of sp³-hybridized carbons (Fsp3) is 0.278. The monoisotopic (exact) mass is 301 g/mol. The highest BCUT2D eigenvalue weighted by atomic mass is 19.1. The van der Waals surface area contributed by atoms with Crippen molar-refractivity contribution in [3.8, 4) is 5.75 Å². The predicted octanol–water partition coefficient (Wildman–Crippen LogP) is 3.59. The van der Waals surface area contributed by atoms with Gasteiger partial charge in [0.1, 0.15) is 0 Å². The normalized spacial score (nSPS) is 11.8. The zero-order valence-corrected chi connectivity index (χ0v) is 12.8. The molecule has 116 valence electrons. The Bertz CT molecular complexity index is 628. The van der Waals surface area contributed by atoms with Crippen LogP contribution in [-0.4, -0.2) is 19.1 Å². The number of aryl methyl sites for hydroxylation is 1. The first kappa shape index (κ1) is 16.0. The molecule has 0 unspecified atom stereocenters. The number of hydrogen-bond donors (Lipinski definition) is 1. The topological polar surface area (TPSA) is 38.3 Å². The van der Waals surface area contributed by atoms with Crippen molar-refractivity contribution < 1.29 is 13.9 Å². The van der Waals surface area contributed by atoms with Crippen molar-refractivity contribution in [3.63, 3.8) is 0 Å². The van der Waals surface area contributed by atoms with E-state index < -0.39 is 5.82 Å². The van der Waals surface area contributed by atoms with Crippen LogP contribution in [0.15, 0.2) is 48.5 Å². The average Bonchev–Trinajstić information content (AvgIpc) is 2.53. The van der Waals surface area contributed by atoms with Gasteiger partial charge < -0.3 is 10.1 Å². The van der Waals surface area contributed by atoms with Gasteiger partial charge in [0, 0.05) is 11.6 Å². The van der Waals surface area contributed by atoms with Crippen LogP contribution in [0.4, 0.5) is 4.39 Å². The minimum Gasteiger partial charge on any atom is -0.494 e. The molecular weight excluding hydrogens is 281 g/mol. The molecule has 2 aromatic carbocycles. The Kier molecular flexibility index (Phi) is 5.53. The van der Waals surface area contributed by atoms with Gasteiger partial charge in [-0.3, -0.25) is 4.79 Å². The molecular formula is C18H20FNO2. The second-order valence-corrected chi connectivity index (χ2v) is 5.25. The molecule has 1 N–H and O–H groups in total. The number of ether oxygens (including phenoxy) is 1. The fourth-order valence-electron chi connectivity index (χ4n) is 2.21. The molecule has 4 heteroatoms. The predicted molar refractivity (Wildman–Crippen MR) is 84.6 cm³/mol. The number of halogens is 1. The molecule has 2 rings (SSSR count). The first-order valence-electron chi connectivity index (χ1n) is 7.28. The first-order valence-corrected chi connectivity index (χ1v) is 7.28. The van der Waals surface area contributed by atoms with Gasteiger partial charge in [0.25, 0.3) is 5.91 Å². The molecule has 1 amide bonds. The first-order chi connectivity index (χ1) is 10.6. The maximum Gasteiger partial charge on any atom is 0.251 e. The third kappa shape index (κ3) is 4.32. The van der Waals surface area contributed by atoms with Crippen LogP contribution >= 0.6 is 0 Å². The second kappa shape index (κ2) is 7.59. The molecule has 0 aliphatic heterocycles. The Balaban J connectivity index is 1.89. The van der Waals surface area contributed by atoms with Crippen LogP contribution in [0, 0.1) is 5.82 Å². The van der Waals surface area contributed by atoms with E-state index in [9.17, 15) is 9.18 Å². The lowest BCUT2D eigenvalue weighted by molar-refractivity contribution is 0.0938. The molecule has 0 aliphatic carbocycles. The summed E-state index contributed by atoms with van der Waals surface area (Å²) < 4.78 is 18.5. The van der Waals surface area contributed by atoms with E-state index in [1.54, 1.807) is 6.07 Å². The molecule has 3 nitrogen and oxygen atoms in total. The third-order valence-corrected chi connectivity index (χ3v) is 3.50. The second-order valence-electron chi connectivity index (χ2n) is 5.25. The van der Waals surface area contributed by atoms with Gasteiger partial charge in [-0.15, -0.1) is 0 Å². The number of carbonyl (C=O) groups is 1. The van der Waals surface area contributed by atoms with Gasteiger partial charge in [-0.05, 0) is 43.5 Å². The lowest BCUT2D eigenvalue weighted by atomic mass is 10.1. The zero-order valence-electron chi connectivity index (χ0n) is 12.8. The Hall–Kier alpha value is -2.36. The highest BCUT2D eigenvalue weighted by Crippen LogP contribution is 2.17. The summed E-state index contributed by atoms with van der Waals surface area (Å²) >= 11 is 0. The molecule has 0 fully saturated rings. The SMILES string of the molecule is COc1ccc(C(=O)N[C@@H](C)CCc2ccccc2)cc1F. The van der Waals surface area contributed by atoms with Crippen molar-refractivity contribution in [3.05, 3.63) is 65.5 Å². The molecule has 22 heavy (non-hydrogen) atoms. The lowest BCUT2D eigenvalue weighted by Gasteiger charge is -2.14. The summed E-state index contributed by atoms with van der Waals surface area (Å²) in [6.45, 7) is 1.95. The van der Waals surface area contributed by atoms with E-state index in [0.29, 0.717) is 5.56 Å². The van der Waals surface area contributed by atoms with Crippen LogP contribution in [0.3, 0.4) is 0 Å². The summed E-state index contributed by atoms with van der Waals surface area (Å²) in [5.74, 6) is -0.678. The lowest BCUT2D eigenvalue weighted by Crippen LogP contribution is -2.32. The van der Waals surface area contributed by atoms with Crippen molar-refractivity contribution in [1.82, 2.24) is 5.32 Å². The highest BCUT2D eigenvalue weighted by molar-refractivity contribution is 5.94. The van der Waals surface area contributed by atoms with Crippen LogP contribution in [0.2, 0.25) is 0 Å². The van der Waals surface area contributed by atoms with Gasteiger partial charge in [-0.1, -0.05) is 30.3 Å². The number of hydrogen-bond acceptors (Lipinski definition) is 2. The number of carbonyl (C=O) groups excluding carboxylic acids is 1. The highest BCUT2D eigenvalue weighted by Gasteiger charge is 2.12. The van der Waals surface area contributed by atoms with Gasteiger partial charge in [0.05, 0.1) is 7.11 Å². The number of nitrogens with one attached hydrogen (secondary N) is 1. The van der Waals surface area contributed by atoms with E-state index in [1.165, 1.54) is 24.8 Å². The fourth-order valence-corrected chi connectivity index (χ4v) is 2.21. The number of amides is 1. The van der Waals surface area contributed by atoms with Gasteiger partial charge in [0.2, 0.25) is 0 Å². The summed E-state index contributed by atoms with van der Waals surface area (Å²) in [4.78, 5) is 12.1. The Morgan fingerprint density at radius 1 is 1.23 bits per heavy atom. The Morgan fingerprint density at radius 2 is 1.95 bits per heavy atom. The molecule has 2 aromatic rings. The number of benzene rings is 2. The average molecular weight is 301 g/mol. The van der Waals surface area contributed by atoms with E-state index in [-0.39, 0.29) is 17.7 Å². The molecule has 0 radical (unpaired) electrons. The van der Waals surface area contributed by atoms with Crippen molar-refractivity contribution in [2.24, 2.45) is 0 Å². The van der Waals surface area contributed by atoms with E-state index in [0.717, 1.165) is 12.8 Å². The molecule has 0 saturated carbocycles. The minimum absolute atomic E-state index is 0.0119. The van der Waals surface area contributed by atoms with Gasteiger partial charge in [-0.2, -0.15) is 0 Å². The van der Waals surface area contributed by atoms with Crippen LogP contribution in [0.1, 0.15) is 29.3 Å². The number of rotatable bonds is 6.